The first-order chi connectivity index (χ1) is 13.6. The lowest BCUT2D eigenvalue weighted by atomic mass is 9.83. The number of nitrogens with one attached hydrogen (secondary N) is 1. The summed E-state index contributed by atoms with van der Waals surface area (Å²) in [6.45, 7) is 0.108. The molecule has 1 heterocycles. The first-order valence-electron chi connectivity index (χ1n) is 8.87. The molecular weight excluding hydrogens is 372 g/mol. The molecule has 8 atom stereocenters. The molecule has 2 fully saturated rings. The zero-order valence-electron chi connectivity index (χ0n) is 15.6. The number of aliphatic hydroxyl groups is 1. The van der Waals surface area contributed by atoms with Crippen LogP contribution >= 0.6 is 0 Å². The second-order valence-electron chi connectivity index (χ2n) is 6.58. The predicted molar refractivity (Wildman–Crippen MR) is 96.9 cm³/mol. The number of methoxy groups -OCH3 is 1. The van der Waals surface area contributed by atoms with E-state index in [4.69, 9.17) is 30.8 Å². The molecule has 1 aliphatic carbocycles. The van der Waals surface area contributed by atoms with Crippen LogP contribution < -0.4 is 5.32 Å². The van der Waals surface area contributed by atoms with Crippen molar-refractivity contribution in [3.63, 3.8) is 0 Å². The summed E-state index contributed by atoms with van der Waals surface area (Å²) in [5.41, 5.74) is 26.2. The highest BCUT2D eigenvalue weighted by Crippen LogP contribution is 2.32. The van der Waals surface area contributed by atoms with E-state index in [9.17, 15) is 5.11 Å². The van der Waals surface area contributed by atoms with Gasteiger partial charge in [-0.25, -0.2) is 0 Å². The van der Waals surface area contributed by atoms with Crippen molar-refractivity contribution in [3.05, 3.63) is 31.3 Å². The van der Waals surface area contributed by atoms with Gasteiger partial charge in [-0.3, -0.25) is 0 Å². The van der Waals surface area contributed by atoms with Gasteiger partial charge in [0.25, 0.3) is 0 Å². The molecule has 2 rings (SSSR count). The SMILES string of the molecule is CN[C@H]1[C@@H](O)[C@H](O[C@H]2O[C@H](CN=[N+]=[N-])CC[C@@H]2N=[N+]=[N-])[C@@H](N=[N+]=[N-])C[C@@H]1OC. The topological polar surface area (TPSA) is 206 Å². The van der Waals surface area contributed by atoms with Crippen molar-refractivity contribution in [2.75, 3.05) is 20.7 Å². The minimum absolute atomic E-state index is 0.108. The zero-order chi connectivity index (χ0) is 20.5. The molecule has 1 aliphatic heterocycles. The number of aliphatic hydroxyl groups excluding tert-OH is 1. The zero-order valence-corrected chi connectivity index (χ0v) is 15.6. The minimum atomic E-state index is -1.06. The lowest BCUT2D eigenvalue weighted by Gasteiger charge is -2.45. The van der Waals surface area contributed by atoms with Crippen LogP contribution in [-0.4, -0.2) is 74.6 Å². The minimum Gasteiger partial charge on any atom is -0.389 e. The molecule has 0 bridgehead atoms. The fraction of sp³-hybridized carbons (Fsp3) is 1.00. The summed E-state index contributed by atoms with van der Waals surface area (Å²) in [5.74, 6) is 0. The lowest BCUT2D eigenvalue weighted by molar-refractivity contribution is -0.249. The largest absolute Gasteiger partial charge is 0.389 e. The van der Waals surface area contributed by atoms with Gasteiger partial charge in [0.1, 0.15) is 0 Å². The Morgan fingerprint density at radius 1 is 1.14 bits per heavy atom. The fourth-order valence-electron chi connectivity index (χ4n) is 3.68. The number of likely N-dealkylation sites (N-methyl/N-ethyl adjacent to an activating group) is 1. The standard InChI is InChI=1S/C14H24N10O4/c1-18-11-10(26-2)5-9(21-24-17)13(12(11)25)28-14-8(20-23-16)4-3-7(27-14)6-19-22-15/h7-14,18,25H,3-6H2,1-2H3/t7-,8-,9-,10-,11+,12+,13+,14+/m0/s1. The Morgan fingerprint density at radius 2 is 1.86 bits per heavy atom. The van der Waals surface area contributed by atoms with Crippen LogP contribution in [0, 0.1) is 0 Å². The summed E-state index contributed by atoms with van der Waals surface area (Å²) in [6, 6.07) is -1.79. The predicted octanol–water partition coefficient (Wildman–Crippen LogP) is 1.91. The van der Waals surface area contributed by atoms with Gasteiger partial charge < -0.3 is 24.6 Å². The number of nitrogens with zero attached hydrogens (tertiary/aromatic N) is 9. The lowest BCUT2D eigenvalue weighted by Crippen LogP contribution is -2.62. The quantitative estimate of drug-likeness (QED) is 0.357. The van der Waals surface area contributed by atoms with Crippen LogP contribution in [0.5, 0.6) is 0 Å². The molecule has 14 nitrogen and oxygen atoms in total. The summed E-state index contributed by atoms with van der Waals surface area (Å²) in [7, 11) is 3.19. The number of ether oxygens (including phenoxy) is 3. The van der Waals surface area contributed by atoms with E-state index in [-0.39, 0.29) is 12.6 Å². The van der Waals surface area contributed by atoms with Crippen LogP contribution in [-0.2, 0) is 14.2 Å². The molecule has 14 heteroatoms. The van der Waals surface area contributed by atoms with E-state index in [1.165, 1.54) is 7.11 Å². The molecular formula is C14H24N10O4. The van der Waals surface area contributed by atoms with E-state index in [2.05, 4.69) is 35.4 Å². The molecule has 0 spiro atoms. The molecule has 154 valence electrons. The summed E-state index contributed by atoms with van der Waals surface area (Å²) < 4.78 is 17.2. The van der Waals surface area contributed by atoms with Crippen molar-refractivity contribution in [3.8, 4) is 0 Å². The molecule has 28 heavy (non-hydrogen) atoms. The molecule has 0 radical (unpaired) electrons. The summed E-state index contributed by atoms with van der Waals surface area (Å²) >= 11 is 0. The van der Waals surface area contributed by atoms with Crippen LogP contribution in [0.1, 0.15) is 19.3 Å². The first-order valence-corrected chi connectivity index (χ1v) is 8.87. The van der Waals surface area contributed by atoms with Crippen molar-refractivity contribution in [1.29, 1.82) is 0 Å². The highest BCUT2D eigenvalue weighted by molar-refractivity contribution is 5.01. The van der Waals surface area contributed by atoms with E-state index in [1.807, 2.05) is 0 Å². The summed E-state index contributed by atoms with van der Waals surface area (Å²) in [4.78, 5) is 8.39. The average molecular weight is 396 g/mol. The monoisotopic (exact) mass is 396 g/mol. The third kappa shape index (κ3) is 5.16. The Bertz CT molecular complexity index is 661. The molecule has 1 saturated heterocycles. The maximum absolute atomic E-state index is 10.8. The summed E-state index contributed by atoms with van der Waals surface area (Å²) in [5, 5.41) is 24.8. The van der Waals surface area contributed by atoms with Crippen LogP contribution in [0.4, 0.5) is 0 Å². The number of azide groups is 3. The molecule has 2 N–H and O–H groups in total. The molecule has 0 aromatic heterocycles. The van der Waals surface area contributed by atoms with E-state index < -0.39 is 42.7 Å². The van der Waals surface area contributed by atoms with Gasteiger partial charge in [0, 0.05) is 21.8 Å². The van der Waals surface area contributed by atoms with E-state index in [0.29, 0.717) is 19.3 Å². The van der Waals surface area contributed by atoms with Crippen molar-refractivity contribution < 1.29 is 19.3 Å². The molecule has 0 aromatic rings. The first kappa shape index (κ1) is 22.0. The highest BCUT2D eigenvalue weighted by Gasteiger charge is 2.46. The molecule has 2 aliphatic rings. The van der Waals surface area contributed by atoms with Crippen LogP contribution in [0.3, 0.4) is 0 Å². The van der Waals surface area contributed by atoms with Crippen molar-refractivity contribution in [1.82, 2.24) is 5.32 Å². The molecule has 0 amide bonds. The van der Waals surface area contributed by atoms with Gasteiger partial charge >= 0.3 is 0 Å². The number of rotatable bonds is 8. The van der Waals surface area contributed by atoms with Crippen molar-refractivity contribution in [2.24, 2.45) is 15.3 Å². The van der Waals surface area contributed by atoms with Gasteiger partial charge in [0.15, 0.2) is 6.29 Å². The van der Waals surface area contributed by atoms with Crippen LogP contribution in [0.25, 0.3) is 31.3 Å². The molecule has 1 saturated carbocycles. The van der Waals surface area contributed by atoms with Crippen LogP contribution in [0.15, 0.2) is 15.3 Å². The van der Waals surface area contributed by atoms with Gasteiger partial charge in [-0.15, -0.1) is 0 Å². The second-order valence-corrected chi connectivity index (χ2v) is 6.58. The van der Waals surface area contributed by atoms with E-state index in [1.54, 1.807) is 7.05 Å². The van der Waals surface area contributed by atoms with E-state index in [0.717, 1.165) is 0 Å². The van der Waals surface area contributed by atoms with Crippen molar-refractivity contribution >= 4 is 0 Å². The maximum Gasteiger partial charge on any atom is 0.166 e. The number of hydrogen-bond acceptors (Lipinski definition) is 8. The van der Waals surface area contributed by atoms with Crippen LogP contribution in [0.2, 0.25) is 0 Å². The third-order valence-corrected chi connectivity index (χ3v) is 5.06. The summed E-state index contributed by atoms with van der Waals surface area (Å²) in [6.07, 6.45) is -2.41. The molecule has 0 unspecified atom stereocenters. The number of hydrogen-bond donors (Lipinski definition) is 2. The van der Waals surface area contributed by atoms with Gasteiger partial charge in [0.05, 0.1) is 49.1 Å². The smallest absolute Gasteiger partial charge is 0.166 e. The van der Waals surface area contributed by atoms with Gasteiger partial charge in [-0.1, -0.05) is 15.3 Å². The Hall–Kier alpha value is -2.27. The Balaban J connectivity index is 2.23. The third-order valence-electron chi connectivity index (χ3n) is 5.06. The Kier molecular flexibility index (Phi) is 8.58. The Labute approximate surface area is 161 Å². The van der Waals surface area contributed by atoms with Gasteiger partial charge in [-0.2, -0.15) is 0 Å². The van der Waals surface area contributed by atoms with E-state index >= 15 is 0 Å². The van der Waals surface area contributed by atoms with Gasteiger partial charge in [-0.05, 0) is 42.9 Å². The maximum atomic E-state index is 10.8. The average Bonchev–Trinajstić information content (AvgIpc) is 2.70. The Morgan fingerprint density at radius 3 is 2.46 bits per heavy atom. The normalized spacial score (nSPS) is 37.8. The van der Waals surface area contributed by atoms with Gasteiger partial charge in [0.2, 0.25) is 0 Å². The molecule has 0 aromatic carbocycles. The second kappa shape index (κ2) is 10.9. The van der Waals surface area contributed by atoms with Crippen molar-refractivity contribution in [2.45, 2.75) is 68.1 Å². The fourth-order valence-corrected chi connectivity index (χ4v) is 3.68. The highest BCUT2D eigenvalue weighted by atomic mass is 16.7.